The maximum Gasteiger partial charge on any atom is 0.198 e. The summed E-state index contributed by atoms with van der Waals surface area (Å²) in [5, 5.41) is 0. The Kier molecular flexibility index (Phi) is 4.72. The molecule has 112 valence electrons. The van der Waals surface area contributed by atoms with Gasteiger partial charge in [0.2, 0.25) is 0 Å². The van der Waals surface area contributed by atoms with Crippen LogP contribution in [0.2, 0.25) is 0 Å². The number of nitrogens with one attached hydrogen (secondary N) is 1. The van der Waals surface area contributed by atoms with Crippen LogP contribution in [0.4, 0.5) is 27.6 Å². The van der Waals surface area contributed by atoms with Crippen LogP contribution in [0.1, 0.15) is 12.5 Å². The molecule has 0 aliphatic heterocycles. The van der Waals surface area contributed by atoms with Gasteiger partial charge in [-0.3, -0.25) is 0 Å². The molecule has 0 bridgehead atoms. The predicted molar refractivity (Wildman–Crippen MR) is 71.5 cm³/mol. The zero-order chi connectivity index (χ0) is 15.6. The van der Waals surface area contributed by atoms with Gasteiger partial charge in [0, 0.05) is 5.69 Å². The first-order valence-corrected chi connectivity index (χ1v) is 6.80. The van der Waals surface area contributed by atoms with Crippen molar-refractivity contribution < 1.29 is 22.0 Å². The van der Waals surface area contributed by atoms with Gasteiger partial charge < -0.3 is 4.72 Å². The molecule has 0 unspecified atom stereocenters. The van der Waals surface area contributed by atoms with E-state index >= 15 is 0 Å². The van der Waals surface area contributed by atoms with Gasteiger partial charge in [-0.15, -0.1) is 0 Å². The van der Waals surface area contributed by atoms with Crippen molar-refractivity contribution in [3.05, 3.63) is 58.9 Å². The van der Waals surface area contributed by atoms with Gasteiger partial charge in [0.1, 0.15) is 5.82 Å². The lowest BCUT2D eigenvalue weighted by Gasteiger charge is -2.09. The third kappa shape index (κ3) is 3.29. The highest BCUT2D eigenvalue weighted by molar-refractivity contribution is 8.00. The summed E-state index contributed by atoms with van der Waals surface area (Å²) in [6.45, 7) is 1.79. The third-order valence-corrected chi connectivity index (χ3v) is 3.64. The van der Waals surface area contributed by atoms with Crippen molar-refractivity contribution in [2.24, 2.45) is 0 Å². The molecule has 0 spiro atoms. The second-order valence-corrected chi connectivity index (χ2v) is 5.01. The molecule has 21 heavy (non-hydrogen) atoms. The van der Waals surface area contributed by atoms with Gasteiger partial charge in [0.05, 0.1) is 4.90 Å². The zero-order valence-electron chi connectivity index (χ0n) is 10.8. The van der Waals surface area contributed by atoms with Crippen LogP contribution in [0.5, 0.6) is 0 Å². The molecule has 0 heterocycles. The van der Waals surface area contributed by atoms with Crippen molar-refractivity contribution in [3.8, 4) is 0 Å². The molecule has 0 atom stereocenters. The summed E-state index contributed by atoms with van der Waals surface area (Å²) in [5.41, 5.74) is 0.801. The lowest BCUT2D eigenvalue weighted by Crippen LogP contribution is -1.99. The summed E-state index contributed by atoms with van der Waals surface area (Å²) in [7, 11) is 0. The SMILES string of the molecule is CCc1ccc(NSc2cc(F)c(F)c(F)c2F)cc1F. The van der Waals surface area contributed by atoms with Gasteiger partial charge in [-0.2, -0.15) is 0 Å². The smallest absolute Gasteiger partial charge is 0.198 e. The summed E-state index contributed by atoms with van der Waals surface area (Å²) in [5.74, 6) is -7.19. The van der Waals surface area contributed by atoms with Crippen molar-refractivity contribution in [2.45, 2.75) is 18.2 Å². The first kappa shape index (κ1) is 15.6. The van der Waals surface area contributed by atoms with E-state index in [-0.39, 0.29) is 0 Å². The van der Waals surface area contributed by atoms with Crippen LogP contribution in [-0.2, 0) is 6.42 Å². The average molecular weight is 319 g/mol. The van der Waals surface area contributed by atoms with Crippen LogP contribution in [0, 0.1) is 29.1 Å². The Morgan fingerprint density at radius 2 is 1.62 bits per heavy atom. The van der Waals surface area contributed by atoms with E-state index in [0.29, 0.717) is 35.7 Å². The summed E-state index contributed by atoms with van der Waals surface area (Å²) < 4.78 is 68.4. The van der Waals surface area contributed by atoms with Gasteiger partial charge >= 0.3 is 0 Å². The van der Waals surface area contributed by atoms with Crippen molar-refractivity contribution in [1.82, 2.24) is 0 Å². The second kappa shape index (κ2) is 6.34. The number of aryl methyl sites for hydroxylation is 1. The molecule has 0 amide bonds. The number of rotatable bonds is 4. The molecule has 0 aliphatic carbocycles. The predicted octanol–water partition coefficient (Wildman–Crippen LogP) is 5.06. The molecule has 0 saturated carbocycles. The van der Waals surface area contributed by atoms with Gasteiger partial charge in [0.25, 0.3) is 0 Å². The summed E-state index contributed by atoms with van der Waals surface area (Å²) >= 11 is 0.521. The molecule has 0 aromatic heterocycles. The van der Waals surface area contributed by atoms with Crippen molar-refractivity contribution in [2.75, 3.05) is 4.72 Å². The van der Waals surface area contributed by atoms with Gasteiger partial charge in [0.15, 0.2) is 23.3 Å². The monoisotopic (exact) mass is 319 g/mol. The lowest BCUT2D eigenvalue weighted by molar-refractivity contribution is 0.398. The Balaban J connectivity index is 2.19. The highest BCUT2D eigenvalue weighted by atomic mass is 32.2. The molecular formula is C14H10F5NS. The fourth-order valence-electron chi connectivity index (χ4n) is 1.64. The fourth-order valence-corrected chi connectivity index (χ4v) is 2.33. The van der Waals surface area contributed by atoms with E-state index < -0.39 is 34.0 Å². The second-order valence-electron chi connectivity index (χ2n) is 4.16. The molecule has 0 aliphatic rings. The quantitative estimate of drug-likeness (QED) is 0.366. The van der Waals surface area contributed by atoms with Crippen LogP contribution >= 0.6 is 11.9 Å². The Morgan fingerprint density at radius 1 is 0.905 bits per heavy atom. The van der Waals surface area contributed by atoms with Crippen molar-refractivity contribution >= 4 is 17.6 Å². The first-order valence-electron chi connectivity index (χ1n) is 5.98. The third-order valence-electron chi connectivity index (χ3n) is 2.78. The van der Waals surface area contributed by atoms with Crippen LogP contribution < -0.4 is 4.72 Å². The van der Waals surface area contributed by atoms with Gasteiger partial charge in [-0.05, 0) is 42.1 Å². The largest absolute Gasteiger partial charge is 0.325 e. The molecule has 0 fully saturated rings. The molecule has 0 saturated heterocycles. The number of benzene rings is 2. The Labute approximate surface area is 122 Å². The highest BCUT2D eigenvalue weighted by Gasteiger charge is 2.19. The number of anilines is 1. The van der Waals surface area contributed by atoms with E-state index in [9.17, 15) is 22.0 Å². The van der Waals surface area contributed by atoms with Crippen molar-refractivity contribution in [3.63, 3.8) is 0 Å². The molecular weight excluding hydrogens is 309 g/mol. The number of halogens is 5. The zero-order valence-corrected chi connectivity index (χ0v) is 11.6. The summed E-state index contributed by atoms with van der Waals surface area (Å²) in [6, 6.07) is 4.80. The van der Waals surface area contributed by atoms with Gasteiger partial charge in [-0.1, -0.05) is 13.0 Å². The van der Waals surface area contributed by atoms with E-state index in [2.05, 4.69) is 4.72 Å². The van der Waals surface area contributed by atoms with E-state index in [0.717, 1.165) is 0 Å². The Morgan fingerprint density at radius 3 is 2.24 bits per heavy atom. The summed E-state index contributed by atoms with van der Waals surface area (Å²) in [4.78, 5) is -0.466. The van der Waals surface area contributed by atoms with E-state index in [1.807, 2.05) is 0 Å². The molecule has 1 N–H and O–H groups in total. The Bertz CT molecular complexity index is 675. The van der Waals surface area contributed by atoms with Gasteiger partial charge in [-0.25, -0.2) is 22.0 Å². The summed E-state index contributed by atoms with van der Waals surface area (Å²) in [6.07, 6.45) is 0.516. The molecule has 0 radical (unpaired) electrons. The fraction of sp³-hybridized carbons (Fsp3) is 0.143. The molecule has 2 aromatic carbocycles. The molecule has 7 heteroatoms. The lowest BCUT2D eigenvalue weighted by atomic mass is 10.1. The average Bonchev–Trinajstić information content (AvgIpc) is 2.47. The molecule has 1 nitrogen and oxygen atoms in total. The number of hydrogen-bond acceptors (Lipinski definition) is 2. The Hall–Kier alpha value is -1.76. The maximum atomic E-state index is 13.5. The molecule has 2 aromatic rings. The van der Waals surface area contributed by atoms with Crippen LogP contribution in [0.15, 0.2) is 29.2 Å². The normalized spacial score (nSPS) is 10.8. The topological polar surface area (TPSA) is 12.0 Å². The first-order chi connectivity index (χ1) is 9.93. The minimum Gasteiger partial charge on any atom is -0.325 e. The number of hydrogen-bond donors (Lipinski definition) is 1. The minimum absolute atomic E-state index is 0.291. The van der Waals surface area contributed by atoms with E-state index in [1.165, 1.54) is 6.07 Å². The highest BCUT2D eigenvalue weighted by Crippen LogP contribution is 2.28. The van der Waals surface area contributed by atoms with Crippen LogP contribution in [-0.4, -0.2) is 0 Å². The molecule has 2 rings (SSSR count). The van der Waals surface area contributed by atoms with Crippen LogP contribution in [0.25, 0.3) is 0 Å². The van der Waals surface area contributed by atoms with E-state index in [4.69, 9.17) is 0 Å². The maximum absolute atomic E-state index is 13.5. The van der Waals surface area contributed by atoms with E-state index in [1.54, 1.807) is 19.1 Å². The van der Waals surface area contributed by atoms with Crippen molar-refractivity contribution in [1.29, 1.82) is 0 Å². The minimum atomic E-state index is -1.88. The van der Waals surface area contributed by atoms with Crippen LogP contribution in [0.3, 0.4) is 0 Å². The standard InChI is InChI=1S/C14H10F5NS/c1-2-7-3-4-8(5-9(7)15)20-21-11-6-10(16)12(17)14(19)13(11)18/h3-6,20H,2H2,1H3.